The first-order valence-corrected chi connectivity index (χ1v) is 5.28. The molecule has 2 N–H and O–H groups in total. The molecule has 7 nitrogen and oxygen atoms in total. The summed E-state index contributed by atoms with van der Waals surface area (Å²) in [6.45, 7) is -0.158. The summed E-state index contributed by atoms with van der Waals surface area (Å²) in [4.78, 5) is 11.8. The Bertz CT molecular complexity index is 538. The largest absolute Gasteiger partial charge is 0.395 e. The lowest BCUT2D eigenvalue weighted by Crippen LogP contribution is -2.38. The van der Waals surface area contributed by atoms with Gasteiger partial charge in [-0.05, 0) is 4.90 Å². The molecule has 0 aliphatic heterocycles. The second kappa shape index (κ2) is 5.28. The van der Waals surface area contributed by atoms with Crippen LogP contribution in [0.15, 0.2) is 35.0 Å². The number of aliphatic hydroxyl groups excluding tert-OH is 1. The number of carbonyl (C=O) groups excluding carboxylic acids is 1. The first-order valence-electron chi connectivity index (χ1n) is 5.28. The summed E-state index contributed by atoms with van der Waals surface area (Å²) in [5.74, 6) is -0.640. The lowest BCUT2D eigenvalue weighted by Gasteiger charge is -2.00. The lowest BCUT2D eigenvalue weighted by molar-refractivity contribution is -0.803. The maximum atomic E-state index is 11.7. The van der Waals surface area contributed by atoms with Gasteiger partial charge >= 0.3 is 0 Å². The SMILES string of the molecule is O=C(NCCO)c1c(-c2ccccc2)no[n+]1[O-]. The molecule has 2 rings (SSSR count). The van der Waals surface area contributed by atoms with Crippen molar-refractivity contribution in [2.45, 2.75) is 0 Å². The molecule has 0 bridgehead atoms. The second-order valence-electron chi connectivity index (χ2n) is 3.47. The first kappa shape index (κ1) is 12.1. The number of nitrogens with zero attached hydrogens (tertiary/aromatic N) is 2. The molecule has 0 aliphatic carbocycles. The molecule has 94 valence electrons. The van der Waals surface area contributed by atoms with Gasteiger partial charge < -0.3 is 15.6 Å². The monoisotopic (exact) mass is 249 g/mol. The van der Waals surface area contributed by atoms with Gasteiger partial charge in [0.1, 0.15) is 0 Å². The van der Waals surface area contributed by atoms with Crippen LogP contribution in [-0.2, 0) is 0 Å². The first-order chi connectivity index (χ1) is 8.74. The van der Waals surface area contributed by atoms with Crippen molar-refractivity contribution in [3.8, 4) is 11.3 Å². The van der Waals surface area contributed by atoms with Crippen LogP contribution in [0.4, 0.5) is 0 Å². The molecule has 0 saturated carbocycles. The van der Waals surface area contributed by atoms with E-state index in [0.29, 0.717) is 5.56 Å². The summed E-state index contributed by atoms with van der Waals surface area (Å²) in [5, 5.41) is 26.0. The van der Waals surface area contributed by atoms with Gasteiger partial charge in [0.2, 0.25) is 0 Å². The fourth-order valence-corrected chi connectivity index (χ4v) is 1.48. The van der Waals surface area contributed by atoms with Crippen molar-refractivity contribution in [2.24, 2.45) is 0 Å². The molecule has 0 aliphatic rings. The molecule has 1 aromatic carbocycles. The van der Waals surface area contributed by atoms with Gasteiger partial charge in [-0.2, -0.15) is 0 Å². The number of nitrogens with one attached hydrogen (secondary N) is 1. The molecule has 0 radical (unpaired) electrons. The van der Waals surface area contributed by atoms with Crippen molar-refractivity contribution in [1.82, 2.24) is 10.5 Å². The van der Waals surface area contributed by atoms with E-state index in [0.717, 1.165) is 0 Å². The third kappa shape index (κ3) is 2.30. The quantitative estimate of drug-likeness (QED) is 0.724. The van der Waals surface area contributed by atoms with E-state index < -0.39 is 5.91 Å². The molecule has 18 heavy (non-hydrogen) atoms. The van der Waals surface area contributed by atoms with E-state index >= 15 is 0 Å². The molecule has 7 heteroatoms. The molecule has 0 atom stereocenters. The van der Waals surface area contributed by atoms with Crippen LogP contribution in [0.3, 0.4) is 0 Å². The lowest BCUT2D eigenvalue weighted by atomic mass is 10.1. The molecule has 0 fully saturated rings. The highest BCUT2D eigenvalue weighted by atomic mass is 16.8. The van der Waals surface area contributed by atoms with Gasteiger partial charge in [0.15, 0.2) is 0 Å². The van der Waals surface area contributed by atoms with E-state index in [9.17, 15) is 10.0 Å². The van der Waals surface area contributed by atoms with Crippen LogP contribution < -0.4 is 10.2 Å². The molecule has 0 unspecified atom stereocenters. The zero-order valence-corrected chi connectivity index (χ0v) is 9.37. The Hall–Kier alpha value is -2.41. The third-order valence-corrected chi connectivity index (χ3v) is 2.27. The third-order valence-electron chi connectivity index (χ3n) is 2.27. The molecule has 2 aromatic rings. The van der Waals surface area contributed by atoms with Crippen molar-refractivity contribution in [2.75, 3.05) is 13.2 Å². The topological polar surface area (TPSA) is 102 Å². The van der Waals surface area contributed by atoms with Crippen molar-refractivity contribution in [3.63, 3.8) is 0 Å². The van der Waals surface area contributed by atoms with E-state index in [-0.39, 0.29) is 29.4 Å². The Balaban J connectivity index is 2.36. The average Bonchev–Trinajstić information content (AvgIpc) is 2.79. The number of carbonyl (C=O) groups is 1. The number of aliphatic hydroxyl groups is 1. The number of aromatic nitrogens is 2. The highest BCUT2D eigenvalue weighted by Crippen LogP contribution is 2.18. The Labute approximate surface area is 102 Å². The Morgan fingerprint density at radius 3 is 2.83 bits per heavy atom. The molecule has 1 heterocycles. The predicted molar refractivity (Wildman–Crippen MR) is 60.3 cm³/mol. The average molecular weight is 249 g/mol. The summed E-state index contributed by atoms with van der Waals surface area (Å²) < 4.78 is 4.44. The number of hydrogen-bond donors (Lipinski definition) is 2. The van der Waals surface area contributed by atoms with E-state index in [1.54, 1.807) is 30.3 Å². The number of amides is 1. The van der Waals surface area contributed by atoms with Gasteiger partial charge in [0, 0.05) is 17.3 Å². The second-order valence-corrected chi connectivity index (χ2v) is 3.47. The summed E-state index contributed by atoms with van der Waals surface area (Å²) >= 11 is 0. The number of rotatable bonds is 4. The van der Waals surface area contributed by atoms with Crippen LogP contribution in [0, 0.1) is 5.21 Å². The van der Waals surface area contributed by atoms with E-state index in [1.807, 2.05) is 0 Å². The summed E-state index contributed by atoms with van der Waals surface area (Å²) in [5.41, 5.74) is 0.542. The van der Waals surface area contributed by atoms with Crippen molar-refractivity contribution < 1.29 is 19.4 Å². The van der Waals surface area contributed by atoms with Crippen LogP contribution in [0.2, 0.25) is 0 Å². The van der Waals surface area contributed by atoms with Crippen LogP contribution >= 0.6 is 0 Å². The van der Waals surface area contributed by atoms with Crippen molar-refractivity contribution in [3.05, 3.63) is 41.2 Å². The molecule has 1 amide bonds. The molecule has 1 aromatic heterocycles. The summed E-state index contributed by atoms with van der Waals surface area (Å²) in [7, 11) is 0. The highest BCUT2D eigenvalue weighted by molar-refractivity contribution is 5.96. The molecular formula is C11H11N3O4. The Kier molecular flexibility index (Phi) is 3.54. The Morgan fingerprint density at radius 1 is 1.44 bits per heavy atom. The van der Waals surface area contributed by atoms with E-state index in [4.69, 9.17) is 5.11 Å². The standard InChI is InChI=1S/C11H11N3O4/c15-7-6-12-11(16)10-9(13-18-14(10)17)8-4-2-1-3-5-8/h1-5,15H,6-7H2,(H,12,16). The Morgan fingerprint density at radius 2 is 2.17 bits per heavy atom. The van der Waals surface area contributed by atoms with Crippen LogP contribution in [-0.4, -0.2) is 29.3 Å². The fourth-order valence-electron chi connectivity index (χ4n) is 1.48. The predicted octanol–water partition coefficient (Wildman–Crippen LogP) is -0.303. The van der Waals surface area contributed by atoms with Crippen LogP contribution in [0.5, 0.6) is 0 Å². The molecule has 0 saturated heterocycles. The van der Waals surface area contributed by atoms with Gasteiger partial charge in [0.05, 0.1) is 6.61 Å². The number of hydrogen-bond acceptors (Lipinski definition) is 5. The minimum absolute atomic E-state index is 0.0506. The number of benzene rings is 1. The smallest absolute Gasteiger partial charge is 0.300 e. The van der Waals surface area contributed by atoms with Gasteiger partial charge in [-0.15, -0.1) is 0 Å². The zero-order valence-electron chi connectivity index (χ0n) is 9.37. The van der Waals surface area contributed by atoms with Gasteiger partial charge in [0.25, 0.3) is 17.3 Å². The maximum absolute atomic E-state index is 11.7. The highest BCUT2D eigenvalue weighted by Gasteiger charge is 2.27. The van der Waals surface area contributed by atoms with Gasteiger partial charge in [-0.25, -0.2) is 0 Å². The van der Waals surface area contributed by atoms with Crippen LogP contribution in [0.1, 0.15) is 10.5 Å². The fraction of sp³-hybridized carbons (Fsp3) is 0.182. The normalized spacial score (nSPS) is 10.3. The summed E-state index contributed by atoms with van der Waals surface area (Å²) in [6.07, 6.45) is 0. The van der Waals surface area contributed by atoms with E-state index in [1.165, 1.54) is 0 Å². The minimum Gasteiger partial charge on any atom is -0.395 e. The van der Waals surface area contributed by atoms with E-state index in [2.05, 4.69) is 15.1 Å². The van der Waals surface area contributed by atoms with Gasteiger partial charge in [-0.3, -0.25) is 9.42 Å². The van der Waals surface area contributed by atoms with Crippen molar-refractivity contribution in [1.29, 1.82) is 0 Å². The minimum atomic E-state index is -0.640. The molecule has 0 spiro atoms. The maximum Gasteiger partial charge on any atom is 0.300 e. The summed E-state index contributed by atoms with van der Waals surface area (Å²) in [6, 6.07) is 8.74. The molecular weight excluding hydrogens is 238 g/mol. The van der Waals surface area contributed by atoms with Crippen LogP contribution in [0.25, 0.3) is 11.3 Å². The zero-order chi connectivity index (χ0) is 13.0. The van der Waals surface area contributed by atoms with Gasteiger partial charge in [-0.1, -0.05) is 30.3 Å². The van der Waals surface area contributed by atoms with Crippen molar-refractivity contribution >= 4 is 5.91 Å².